The van der Waals surface area contributed by atoms with Gasteiger partial charge in [-0.2, -0.15) is 0 Å². The highest BCUT2D eigenvalue weighted by atomic mass is 16.5. The molecule has 2 aliphatic rings. The Hall–Kier alpha value is -4.91. The van der Waals surface area contributed by atoms with Gasteiger partial charge < -0.3 is 14.6 Å². The van der Waals surface area contributed by atoms with E-state index in [4.69, 9.17) is 9.47 Å². The van der Waals surface area contributed by atoms with Crippen molar-refractivity contribution in [2.45, 2.75) is 19.4 Å². The number of hydrogen-bond donors (Lipinski definition) is 1. The highest BCUT2D eigenvalue weighted by molar-refractivity contribution is 6.35. The second kappa shape index (κ2) is 8.88. The molecule has 0 radical (unpaired) electrons. The van der Waals surface area contributed by atoms with E-state index < -0.39 is 17.4 Å². The van der Waals surface area contributed by atoms with Crippen LogP contribution in [0.25, 0.3) is 11.1 Å². The Bertz CT molecular complexity index is 1590. The van der Waals surface area contributed by atoms with Gasteiger partial charge in [-0.05, 0) is 61.9 Å². The Labute approximate surface area is 219 Å². The van der Waals surface area contributed by atoms with Crippen molar-refractivity contribution < 1.29 is 29.0 Å². The summed E-state index contributed by atoms with van der Waals surface area (Å²) in [7, 11) is 1.45. The fourth-order valence-corrected chi connectivity index (χ4v) is 5.04. The van der Waals surface area contributed by atoms with E-state index in [2.05, 4.69) is 13.2 Å². The van der Waals surface area contributed by atoms with Crippen LogP contribution >= 0.6 is 0 Å². The van der Waals surface area contributed by atoms with Gasteiger partial charge >= 0.3 is 0 Å². The number of imide groups is 1. The fraction of sp³-hybridized carbons (Fsp3) is 0.129. The standard InChI is InChI=1S/C31H25NO6/c1-6-8-17(7-2)26(33)18-9-11-19(12-10-18)32-29(35)22-14-13-20-21-15-16-23(37-5)27(34)28(21)38-31(3,4)25(20)24(22)30(32)36/h6-16,34H,1-2H2,3-5H3/b17-8+. The van der Waals surface area contributed by atoms with Crippen molar-refractivity contribution in [3.05, 3.63) is 108 Å². The van der Waals surface area contributed by atoms with Gasteiger partial charge in [0, 0.05) is 22.3 Å². The van der Waals surface area contributed by atoms with Crippen molar-refractivity contribution >= 4 is 23.3 Å². The summed E-state index contributed by atoms with van der Waals surface area (Å²) in [6.45, 7) is 10.8. The van der Waals surface area contributed by atoms with E-state index in [-0.39, 0.29) is 34.2 Å². The Kier molecular flexibility index (Phi) is 5.79. The van der Waals surface area contributed by atoms with Crippen molar-refractivity contribution in [1.82, 2.24) is 0 Å². The van der Waals surface area contributed by atoms with E-state index in [0.29, 0.717) is 33.5 Å². The fourth-order valence-electron chi connectivity index (χ4n) is 5.04. The second-order valence-corrected chi connectivity index (χ2v) is 9.40. The molecule has 0 aromatic heterocycles. The molecule has 0 atom stereocenters. The summed E-state index contributed by atoms with van der Waals surface area (Å²) in [6.07, 6.45) is 4.52. The number of fused-ring (bicyclic) bond motifs is 5. The van der Waals surface area contributed by atoms with Gasteiger partial charge in [-0.25, -0.2) is 4.90 Å². The molecule has 0 bridgehead atoms. The second-order valence-electron chi connectivity index (χ2n) is 9.40. The number of hydrogen-bond acceptors (Lipinski definition) is 6. The zero-order valence-corrected chi connectivity index (χ0v) is 21.2. The molecule has 5 rings (SSSR count). The number of phenolic OH excluding ortho intramolecular Hbond substituents is 1. The number of amides is 2. The molecule has 7 heteroatoms. The van der Waals surface area contributed by atoms with E-state index in [1.54, 1.807) is 68.5 Å². The molecule has 2 amide bonds. The minimum absolute atomic E-state index is 0.134. The number of phenols is 1. The third kappa shape index (κ3) is 3.55. The predicted molar refractivity (Wildman–Crippen MR) is 144 cm³/mol. The van der Waals surface area contributed by atoms with Crippen molar-refractivity contribution in [3.63, 3.8) is 0 Å². The van der Waals surface area contributed by atoms with E-state index in [1.807, 2.05) is 0 Å². The van der Waals surface area contributed by atoms with Crippen molar-refractivity contribution in [1.29, 1.82) is 0 Å². The van der Waals surface area contributed by atoms with Gasteiger partial charge in [0.2, 0.25) is 5.75 Å². The quantitative estimate of drug-likeness (QED) is 0.191. The lowest BCUT2D eigenvalue weighted by Gasteiger charge is -2.36. The van der Waals surface area contributed by atoms with Crippen molar-refractivity contribution in [3.8, 4) is 28.4 Å². The van der Waals surface area contributed by atoms with Crippen LogP contribution in [0.1, 0.15) is 50.5 Å². The summed E-state index contributed by atoms with van der Waals surface area (Å²) < 4.78 is 11.4. The topological polar surface area (TPSA) is 93.1 Å². The normalized spacial score (nSPS) is 15.2. The Balaban J connectivity index is 1.58. The average Bonchev–Trinajstić information content (AvgIpc) is 3.16. The molecular formula is C31H25NO6. The molecule has 0 fully saturated rings. The monoisotopic (exact) mass is 507 g/mol. The maximum absolute atomic E-state index is 13.8. The van der Waals surface area contributed by atoms with E-state index in [1.165, 1.54) is 19.3 Å². The summed E-state index contributed by atoms with van der Waals surface area (Å²) in [4.78, 5) is 41.1. The molecule has 0 unspecified atom stereocenters. The van der Waals surface area contributed by atoms with Gasteiger partial charge in [0.05, 0.1) is 23.9 Å². The van der Waals surface area contributed by atoms with Gasteiger partial charge in [-0.15, -0.1) is 0 Å². The average molecular weight is 508 g/mol. The number of carbonyl (C=O) groups excluding carboxylic acids is 3. The number of benzene rings is 3. The molecular weight excluding hydrogens is 482 g/mol. The van der Waals surface area contributed by atoms with Crippen molar-refractivity contribution in [2.75, 3.05) is 12.0 Å². The van der Waals surface area contributed by atoms with Crippen LogP contribution < -0.4 is 14.4 Å². The third-order valence-electron chi connectivity index (χ3n) is 6.79. The Morgan fingerprint density at radius 1 is 0.974 bits per heavy atom. The first-order valence-electron chi connectivity index (χ1n) is 11.9. The molecule has 3 aromatic carbocycles. The van der Waals surface area contributed by atoms with Crippen LogP contribution in [0.4, 0.5) is 5.69 Å². The van der Waals surface area contributed by atoms with Gasteiger partial charge in [-0.3, -0.25) is 14.4 Å². The van der Waals surface area contributed by atoms with E-state index in [9.17, 15) is 19.5 Å². The number of ketones is 1. The van der Waals surface area contributed by atoms with Crippen LogP contribution in [0.15, 0.2) is 85.5 Å². The number of carbonyl (C=O) groups is 3. The number of nitrogens with zero attached hydrogens (tertiary/aromatic N) is 1. The zero-order valence-electron chi connectivity index (χ0n) is 21.2. The predicted octanol–water partition coefficient (Wildman–Crippen LogP) is 5.98. The molecule has 0 saturated heterocycles. The molecule has 0 spiro atoms. The first-order chi connectivity index (χ1) is 18.1. The number of ether oxygens (including phenoxy) is 2. The molecule has 190 valence electrons. The molecule has 1 N–H and O–H groups in total. The number of rotatable bonds is 6. The van der Waals surface area contributed by atoms with Gasteiger partial charge in [0.25, 0.3) is 11.8 Å². The first-order valence-corrected chi connectivity index (χ1v) is 11.9. The number of anilines is 1. The minimum atomic E-state index is -1.04. The lowest BCUT2D eigenvalue weighted by Crippen LogP contribution is -2.33. The Morgan fingerprint density at radius 2 is 1.63 bits per heavy atom. The van der Waals surface area contributed by atoms with Crippen molar-refractivity contribution in [2.24, 2.45) is 0 Å². The number of allylic oxidation sites excluding steroid dienone is 4. The lowest BCUT2D eigenvalue weighted by atomic mass is 9.81. The number of aromatic hydroxyl groups is 1. The number of methoxy groups -OCH3 is 1. The van der Waals surface area contributed by atoms with Gasteiger partial charge in [0.15, 0.2) is 17.3 Å². The van der Waals surface area contributed by atoms with Crippen LogP contribution in [0.2, 0.25) is 0 Å². The third-order valence-corrected chi connectivity index (χ3v) is 6.79. The minimum Gasteiger partial charge on any atom is -0.502 e. The highest BCUT2D eigenvalue weighted by Crippen LogP contribution is 2.53. The van der Waals surface area contributed by atoms with Crippen LogP contribution in [-0.4, -0.2) is 29.8 Å². The van der Waals surface area contributed by atoms with Crippen LogP contribution in [-0.2, 0) is 5.60 Å². The molecule has 0 aliphatic carbocycles. The Morgan fingerprint density at radius 3 is 2.26 bits per heavy atom. The smallest absolute Gasteiger partial charge is 0.266 e. The van der Waals surface area contributed by atoms with Gasteiger partial charge in [-0.1, -0.05) is 37.5 Å². The van der Waals surface area contributed by atoms with Crippen LogP contribution in [0.5, 0.6) is 17.2 Å². The SMILES string of the molecule is C=C/C=C(\C=C)C(=O)c1ccc(N2C(=O)c3ccc4c(c3C2=O)C(C)(C)Oc2c-4ccc(OC)c2O)cc1. The lowest BCUT2D eigenvalue weighted by molar-refractivity contribution is 0.0897. The summed E-state index contributed by atoms with van der Waals surface area (Å²) in [6, 6.07) is 13.0. The maximum Gasteiger partial charge on any atom is 0.266 e. The van der Waals surface area contributed by atoms with E-state index in [0.717, 1.165) is 4.90 Å². The molecule has 2 heterocycles. The molecule has 7 nitrogen and oxygen atoms in total. The molecule has 0 saturated carbocycles. The molecule has 38 heavy (non-hydrogen) atoms. The largest absolute Gasteiger partial charge is 0.502 e. The first kappa shape index (κ1) is 24.8. The molecule has 2 aliphatic heterocycles. The number of Topliss-reactive ketones (excluding diaryl/α,β-unsaturated/α-hetero) is 1. The zero-order chi connectivity index (χ0) is 27.4. The van der Waals surface area contributed by atoms with Crippen LogP contribution in [0.3, 0.4) is 0 Å². The summed E-state index contributed by atoms with van der Waals surface area (Å²) in [5.74, 6) is -0.823. The van der Waals surface area contributed by atoms with Crippen LogP contribution in [0, 0.1) is 0 Å². The summed E-state index contributed by atoms with van der Waals surface area (Å²) in [5.41, 5.74) is 2.41. The molecule has 3 aromatic rings. The van der Waals surface area contributed by atoms with Gasteiger partial charge in [0.1, 0.15) is 5.60 Å². The highest BCUT2D eigenvalue weighted by Gasteiger charge is 2.46. The summed E-state index contributed by atoms with van der Waals surface area (Å²) >= 11 is 0. The maximum atomic E-state index is 13.8. The van der Waals surface area contributed by atoms with E-state index >= 15 is 0 Å². The summed E-state index contributed by atoms with van der Waals surface area (Å²) in [5, 5.41) is 10.7.